The number of amides is 3. The molecule has 8 nitrogen and oxygen atoms in total. The number of guanidine groups is 1. The maximum atomic E-state index is 11.1. The van der Waals surface area contributed by atoms with Crippen molar-refractivity contribution in [1.29, 1.82) is 0 Å². The molecule has 3 amide bonds. The van der Waals surface area contributed by atoms with Gasteiger partial charge in [0.05, 0.1) is 0 Å². The first-order chi connectivity index (χ1) is 6.03. The zero-order chi connectivity index (χ0) is 10.1. The summed E-state index contributed by atoms with van der Waals surface area (Å²) in [6, 6.07) is 0. The molecule has 1 atom stereocenters. The van der Waals surface area contributed by atoms with Gasteiger partial charge in [-0.25, -0.2) is 4.99 Å². The van der Waals surface area contributed by atoms with Gasteiger partial charge >= 0.3 is 0 Å². The van der Waals surface area contributed by atoms with Gasteiger partial charge in [0, 0.05) is 0 Å². The predicted molar refractivity (Wildman–Crippen MR) is 40.9 cm³/mol. The van der Waals surface area contributed by atoms with Gasteiger partial charge in [-0.2, -0.15) is 0 Å². The van der Waals surface area contributed by atoms with Crippen LogP contribution >= 0.6 is 0 Å². The van der Waals surface area contributed by atoms with Crippen molar-refractivity contribution in [2.24, 2.45) is 16.5 Å². The summed E-state index contributed by atoms with van der Waals surface area (Å²) in [5, 5.41) is 3.94. The Hall–Kier alpha value is -2.12. The number of hydrogen-bond acceptors (Lipinski definition) is 5. The van der Waals surface area contributed by atoms with E-state index in [1.165, 1.54) is 0 Å². The molecule has 0 saturated heterocycles. The summed E-state index contributed by atoms with van der Waals surface area (Å²) in [7, 11) is 0. The number of primary amides is 1. The van der Waals surface area contributed by atoms with Gasteiger partial charge in [0.1, 0.15) is 0 Å². The van der Waals surface area contributed by atoms with Crippen LogP contribution in [0.5, 0.6) is 0 Å². The van der Waals surface area contributed by atoms with Crippen molar-refractivity contribution >= 4 is 24.2 Å². The van der Waals surface area contributed by atoms with Crippen LogP contribution < -0.4 is 22.1 Å². The minimum Gasteiger partial charge on any atom is -0.370 e. The first kappa shape index (κ1) is 8.97. The molecule has 0 aliphatic carbocycles. The Labute approximate surface area is 72.4 Å². The highest BCUT2D eigenvalue weighted by Gasteiger charge is 2.48. The first-order valence-electron chi connectivity index (χ1n) is 3.21. The maximum absolute atomic E-state index is 11.1. The molecule has 0 spiro atoms. The van der Waals surface area contributed by atoms with Crippen molar-refractivity contribution in [2.45, 2.75) is 5.66 Å². The number of nitrogens with zero attached hydrogens (tertiary/aromatic N) is 1. The molecule has 13 heavy (non-hydrogen) atoms. The number of carbonyl (C=O) groups is 3. The van der Waals surface area contributed by atoms with Gasteiger partial charge in [0.25, 0.3) is 17.5 Å². The van der Waals surface area contributed by atoms with Crippen LogP contribution in [-0.2, 0) is 14.4 Å². The summed E-state index contributed by atoms with van der Waals surface area (Å²) >= 11 is 0. The zero-order valence-electron chi connectivity index (χ0n) is 6.40. The number of aliphatic imine (C=N–C) groups is 1. The summed E-state index contributed by atoms with van der Waals surface area (Å²) in [6.45, 7) is 0. The molecule has 1 aliphatic heterocycles. The fraction of sp³-hybridized carbons (Fsp3) is 0.200. The lowest BCUT2D eigenvalue weighted by molar-refractivity contribution is -0.137. The van der Waals surface area contributed by atoms with Gasteiger partial charge in [-0.15, -0.1) is 0 Å². The number of carbonyl (C=O) groups excluding carboxylic acids is 3. The third-order valence-electron chi connectivity index (χ3n) is 1.48. The van der Waals surface area contributed by atoms with Gasteiger partial charge in [-0.1, -0.05) is 0 Å². The minimum atomic E-state index is -2.09. The minimum absolute atomic E-state index is 0.145. The van der Waals surface area contributed by atoms with E-state index in [1.54, 1.807) is 0 Å². The van der Waals surface area contributed by atoms with E-state index in [-0.39, 0.29) is 12.4 Å². The Morgan fingerprint density at radius 1 is 1.69 bits per heavy atom. The fourth-order valence-corrected chi connectivity index (χ4v) is 0.887. The van der Waals surface area contributed by atoms with Gasteiger partial charge < -0.3 is 16.8 Å². The van der Waals surface area contributed by atoms with E-state index in [1.807, 2.05) is 10.6 Å². The Balaban J connectivity index is 3.10. The van der Waals surface area contributed by atoms with Crippen LogP contribution in [0.15, 0.2) is 4.99 Å². The molecule has 0 unspecified atom stereocenters. The number of nitrogens with two attached hydrogens (primary N) is 2. The van der Waals surface area contributed by atoms with Crippen molar-refractivity contribution in [2.75, 3.05) is 0 Å². The smallest absolute Gasteiger partial charge is 0.294 e. The predicted octanol–water partition coefficient (Wildman–Crippen LogP) is -3.64. The second-order valence-electron chi connectivity index (χ2n) is 2.29. The van der Waals surface area contributed by atoms with E-state index >= 15 is 0 Å². The molecule has 0 bridgehead atoms. The standard InChI is InChI=1S/C5H7N5O3/c6-2(12)5(8-1-11)3(13)9-4(7)10-5/h1H,(H2,6,12)(H,8,11)(H3,7,9,10,13)/t5-/m1/s1. The van der Waals surface area contributed by atoms with Crippen LogP contribution in [0.2, 0.25) is 0 Å². The largest absolute Gasteiger partial charge is 0.370 e. The van der Waals surface area contributed by atoms with E-state index in [4.69, 9.17) is 11.5 Å². The van der Waals surface area contributed by atoms with Crippen molar-refractivity contribution in [3.8, 4) is 0 Å². The van der Waals surface area contributed by atoms with Gasteiger partial charge in [0.2, 0.25) is 6.41 Å². The van der Waals surface area contributed by atoms with E-state index in [9.17, 15) is 14.4 Å². The molecule has 0 aromatic heterocycles. The third kappa shape index (κ3) is 1.17. The van der Waals surface area contributed by atoms with Crippen LogP contribution in [0.4, 0.5) is 0 Å². The normalized spacial score (nSPS) is 26.2. The average molecular weight is 185 g/mol. The summed E-state index contributed by atoms with van der Waals surface area (Å²) in [4.78, 5) is 35.5. The quantitative estimate of drug-likeness (QED) is 0.266. The second kappa shape index (κ2) is 2.73. The number of hydrogen-bond donors (Lipinski definition) is 4. The van der Waals surface area contributed by atoms with Crippen LogP contribution in [-0.4, -0.2) is 29.8 Å². The van der Waals surface area contributed by atoms with Crippen LogP contribution in [0.25, 0.3) is 0 Å². The molecule has 0 aromatic rings. The van der Waals surface area contributed by atoms with Crippen molar-refractivity contribution < 1.29 is 14.4 Å². The molecular weight excluding hydrogens is 178 g/mol. The van der Waals surface area contributed by atoms with Gasteiger partial charge in [0.15, 0.2) is 5.96 Å². The highest BCUT2D eigenvalue weighted by molar-refractivity contribution is 6.19. The molecule has 0 radical (unpaired) electrons. The van der Waals surface area contributed by atoms with E-state index in [0.29, 0.717) is 0 Å². The summed E-state index contributed by atoms with van der Waals surface area (Å²) < 4.78 is 0. The molecule has 8 heteroatoms. The lowest BCUT2D eigenvalue weighted by Gasteiger charge is -2.16. The number of nitrogens with one attached hydrogen (secondary N) is 2. The maximum Gasteiger partial charge on any atom is 0.294 e. The lowest BCUT2D eigenvalue weighted by atomic mass is 10.1. The van der Waals surface area contributed by atoms with Crippen molar-refractivity contribution in [1.82, 2.24) is 10.6 Å². The average Bonchev–Trinajstić information content (AvgIpc) is 2.28. The van der Waals surface area contributed by atoms with Crippen LogP contribution in [0, 0.1) is 0 Å². The van der Waals surface area contributed by atoms with Crippen molar-refractivity contribution in [3.05, 3.63) is 0 Å². The van der Waals surface area contributed by atoms with E-state index in [2.05, 4.69) is 4.99 Å². The molecule has 1 aliphatic rings. The van der Waals surface area contributed by atoms with E-state index in [0.717, 1.165) is 0 Å². The lowest BCUT2D eigenvalue weighted by Crippen LogP contribution is -2.59. The Morgan fingerprint density at radius 2 is 2.31 bits per heavy atom. The summed E-state index contributed by atoms with van der Waals surface area (Å²) in [5.74, 6) is -2.24. The number of rotatable bonds is 3. The molecule has 0 saturated carbocycles. The van der Waals surface area contributed by atoms with Crippen LogP contribution in [0.1, 0.15) is 0 Å². The second-order valence-corrected chi connectivity index (χ2v) is 2.29. The monoisotopic (exact) mass is 185 g/mol. The topological polar surface area (TPSA) is 140 Å². The highest BCUT2D eigenvalue weighted by atomic mass is 16.2. The molecular formula is C5H7N5O3. The fourth-order valence-electron chi connectivity index (χ4n) is 0.887. The zero-order valence-corrected chi connectivity index (χ0v) is 6.40. The van der Waals surface area contributed by atoms with E-state index < -0.39 is 17.5 Å². The molecule has 1 rings (SSSR count). The van der Waals surface area contributed by atoms with Gasteiger partial charge in [-0.05, 0) is 0 Å². The highest BCUT2D eigenvalue weighted by Crippen LogP contribution is 2.10. The molecule has 6 N–H and O–H groups in total. The Morgan fingerprint density at radius 3 is 2.62 bits per heavy atom. The Kier molecular flexibility index (Phi) is 1.89. The van der Waals surface area contributed by atoms with Crippen molar-refractivity contribution in [3.63, 3.8) is 0 Å². The summed E-state index contributed by atoms with van der Waals surface area (Å²) in [6.07, 6.45) is 0.145. The first-order valence-corrected chi connectivity index (χ1v) is 3.21. The molecule has 70 valence electrons. The third-order valence-corrected chi connectivity index (χ3v) is 1.48. The molecule has 0 aromatic carbocycles. The molecule has 1 heterocycles. The van der Waals surface area contributed by atoms with Crippen LogP contribution in [0.3, 0.4) is 0 Å². The van der Waals surface area contributed by atoms with Gasteiger partial charge in [-0.3, -0.25) is 19.7 Å². The Bertz CT molecular complexity index is 311. The SMILES string of the molecule is NC(=O)[C@@]1(NC=O)N=C(N)NC1=O. The summed E-state index contributed by atoms with van der Waals surface area (Å²) in [5.41, 5.74) is 7.92. The molecule has 0 fully saturated rings.